The highest BCUT2D eigenvalue weighted by atomic mass is 32.2. The number of aliphatic hydroxyl groups is 1. The standard InChI is InChI=1S/C13H18OS/c1-9-4-5-12(10(2)8-9)13(14)6-7-15-11(13)3/h4-5,8,11,14H,6-7H2,1-3H3. The molecule has 0 aliphatic carbocycles. The molecule has 0 spiro atoms. The summed E-state index contributed by atoms with van der Waals surface area (Å²) in [5.74, 6) is 1.06. The van der Waals surface area contributed by atoms with Crippen molar-refractivity contribution in [3.05, 3.63) is 34.9 Å². The van der Waals surface area contributed by atoms with E-state index >= 15 is 0 Å². The van der Waals surface area contributed by atoms with E-state index in [4.69, 9.17) is 0 Å². The molecule has 1 aliphatic rings. The lowest BCUT2D eigenvalue weighted by Gasteiger charge is -2.29. The number of rotatable bonds is 1. The van der Waals surface area contributed by atoms with Crippen LogP contribution in [0.3, 0.4) is 0 Å². The Balaban J connectivity index is 2.44. The Kier molecular flexibility index (Phi) is 2.82. The fraction of sp³-hybridized carbons (Fsp3) is 0.538. The first-order chi connectivity index (χ1) is 7.04. The number of benzene rings is 1. The van der Waals surface area contributed by atoms with Crippen molar-refractivity contribution in [1.82, 2.24) is 0 Å². The highest BCUT2D eigenvalue weighted by Gasteiger charge is 2.41. The van der Waals surface area contributed by atoms with E-state index in [1.54, 1.807) is 0 Å². The fourth-order valence-electron chi connectivity index (χ4n) is 2.39. The third-order valence-electron chi connectivity index (χ3n) is 3.37. The van der Waals surface area contributed by atoms with Crippen molar-refractivity contribution in [2.45, 2.75) is 38.0 Å². The number of thioether (sulfide) groups is 1. The zero-order valence-electron chi connectivity index (χ0n) is 9.58. The van der Waals surface area contributed by atoms with E-state index in [9.17, 15) is 5.11 Å². The Bertz CT molecular complexity index is 375. The molecule has 1 aromatic rings. The van der Waals surface area contributed by atoms with Crippen LogP contribution in [0.2, 0.25) is 0 Å². The van der Waals surface area contributed by atoms with Crippen molar-refractivity contribution in [1.29, 1.82) is 0 Å². The van der Waals surface area contributed by atoms with Crippen molar-refractivity contribution in [3.63, 3.8) is 0 Å². The molecule has 2 unspecified atom stereocenters. The summed E-state index contributed by atoms with van der Waals surface area (Å²) in [7, 11) is 0. The summed E-state index contributed by atoms with van der Waals surface area (Å²) in [5.41, 5.74) is 2.98. The van der Waals surface area contributed by atoms with Crippen LogP contribution in [0.5, 0.6) is 0 Å². The average molecular weight is 222 g/mol. The molecule has 0 aromatic heterocycles. The zero-order valence-corrected chi connectivity index (χ0v) is 10.4. The Morgan fingerprint density at radius 3 is 2.67 bits per heavy atom. The van der Waals surface area contributed by atoms with E-state index in [1.807, 2.05) is 11.8 Å². The molecule has 2 heteroatoms. The molecule has 2 atom stereocenters. The second kappa shape index (κ2) is 3.84. The first-order valence-corrected chi connectivity index (χ1v) is 6.50. The highest BCUT2D eigenvalue weighted by Crippen LogP contribution is 2.44. The SMILES string of the molecule is Cc1ccc(C2(O)CCSC2C)c(C)c1. The maximum atomic E-state index is 10.7. The van der Waals surface area contributed by atoms with Crippen LogP contribution in [-0.4, -0.2) is 16.1 Å². The number of aryl methyl sites for hydroxylation is 2. The quantitative estimate of drug-likeness (QED) is 0.788. The summed E-state index contributed by atoms with van der Waals surface area (Å²) in [4.78, 5) is 0. The van der Waals surface area contributed by atoms with Gasteiger partial charge in [-0.1, -0.05) is 30.7 Å². The van der Waals surface area contributed by atoms with Gasteiger partial charge in [-0.3, -0.25) is 0 Å². The summed E-state index contributed by atoms with van der Waals surface area (Å²) >= 11 is 1.86. The molecule has 2 rings (SSSR count). The predicted octanol–water partition coefficient (Wildman–Crippen LogP) is 3.02. The Labute approximate surface area is 95.9 Å². The van der Waals surface area contributed by atoms with E-state index in [-0.39, 0.29) is 0 Å². The van der Waals surface area contributed by atoms with Crippen LogP contribution in [0.15, 0.2) is 18.2 Å². The maximum absolute atomic E-state index is 10.7. The van der Waals surface area contributed by atoms with Gasteiger partial charge in [0.1, 0.15) is 5.60 Å². The van der Waals surface area contributed by atoms with E-state index in [0.29, 0.717) is 5.25 Å². The Hall–Kier alpha value is -0.470. The smallest absolute Gasteiger partial charge is 0.102 e. The first kappa shape index (κ1) is 11.0. The molecule has 1 nitrogen and oxygen atoms in total. The van der Waals surface area contributed by atoms with Gasteiger partial charge >= 0.3 is 0 Å². The van der Waals surface area contributed by atoms with Crippen molar-refractivity contribution in [2.75, 3.05) is 5.75 Å². The lowest BCUT2D eigenvalue weighted by atomic mass is 9.85. The van der Waals surface area contributed by atoms with Gasteiger partial charge in [-0.05, 0) is 37.1 Å². The van der Waals surface area contributed by atoms with Gasteiger partial charge in [0.15, 0.2) is 0 Å². The molecule has 1 aliphatic heterocycles. The minimum atomic E-state index is -0.609. The molecule has 1 heterocycles. The third-order valence-corrected chi connectivity index (χ3v) is 4.70. The van der Waals surface area contributed by atoms with Gasteiger partial charge < -0.3 is 5.11 Å². The van der Waals surface area contributed by atoms with Crippen LogP contribution >= 0.6 is 11.8 Å². The summed E-state index contributed by atoms with van der Waals surface area (Å²) < 4.78 is 0. The van der Waals surface area contributed by atoms with Crippen LogP contribution in [-0.2, 0) is 5.60 Å². The summed E-state index contributed by atoms with van der Waals surface area (Å²) in [6, 6.07) is 6.34. The second-order valence-electron chi connectivity index (χ2n) is 4.51. The van der Waals surface area contributed by atoms with E-state index in [0.717, 1.165) is 17.7 Å². The van der Waals surface area contributed by atoms with Gasteiger partial charge in [-0.15, -0.1) is 0 Å². The van der Waals surface area contributed by atoms with Gasteiger partial charge in [-0.2, -0.15) is 11.8 Å². The summed E-state index contributed by atoms with van der Waals surface area (Å²) in [6.07, 6.45) is 0.878. The van der Waals surface area contributed by atoms with Gasteiger partial charge in [-0.25, -0.2) is 0 Å². The van der Waals surface area contributed by atoms with Crippen LogP contribution in [0.1, 0.15) is 30.0 Å². The molecule has 1 saturated heterocycles. The topological polar surface area (TPSA) is 20.2 Å². The molecular weight excluding hydrogens is 204 g/mol. The minimum Gasteiger partial charge on any atom is -0.384 e. The molecule has 1 fully saturated rings. The largest absolute Gasteiger partial charge is 0.384 e. The molecule has 0 radical (unpaired) electrons. The van der Waals surface area contributed by atoms with Crippen LogP contribution in [0, 0.1) is 13.8 Å². The molecule has 15 heavy (non-hydrogen) atoms. The van der Waals surface area contributed by atoms with Crippen molar-refractivity contribution in [3.8, 4) is 0 Å². The van der Waals surface area contributed by atoms with Crippen LogP contribution in [0.4, 0.5) is 0 Å². The van der Waals surface area contributed by atoms with Crippen molar-refractivity contribution < 1.29 is 5.11 Å². The van der Waals surface area contributed by atoms with Gasteiger partial charge in [0, 0.05) is 5.25 Å². The average Bonchev–Trinajstić information content (AvgIpc) is 2.47. The van der Waals surface area contributed by atoms with Crippen molar-refractivity contribution in [2.24, 2.45) is 0 Å². The zero-order chi connectivity index (χ0) is 11.1. The van der Waals surface area contributed by atoms with E-state index in [2.05, 4.69) is 39.0 Å². The molecular formula is C13H18OS. The molecule has 1 aromatic carbocycles. The van der Waals surface area contributed by atoms with Crippen LogP contribution < -0.4 is 0 Å². The molecule has 0 bridgehead atoms. The maximum Gasteiger partial charge on any atom is 0.102 e. The molecule has 1 N–H and O–H groups in total. The normalized spacial score (nSPS) is 30.8. The molecule has 0 saturated carbocycles. The highest BCUT2D eigenvalue weighted by molar-refractivity contribution is 8.00. The van der Waals surface area contributed by atoms with Gasteiger partial charge in [0.05, 0.1) is 0 Å². The number of hydrogen-bond acceptors (Lipinski definition) is 2. The fourth-order valence-corrected chi connectivity index (χ4v) is 3.69. The third kappa shape index (κ3) is 1.81. The predicted molar refractivity (Wildman–Crippen MR) is 66.3 cm³/mol. The monoisotopic (exact) mass is 222 g/mol. The molecule has 82 valence electrons. The Morgan fingerprint density at radius 2 is 2.13 bits per heavy atom. The van der Waals surface area contributed by atoms with Crippen LogP contribution in [0.25, 0.3) is 0 Å². The van der Waals surface area contributed by atoms with E-state index < -0.39 is 5.60 Å². The summed E-state index contributed by atoms with van der Waals surface area (Å²) in [6.45, 7) is 6.31. The second-order valence-corrected chi connectivity index (χ2v) is 5.95. The lowest BCUT2D eigenvalue weighted by Crippen LogP contribution is -2.32. The molecule has 0 amide bonds. The minimum absolute atomic E-state index is 0.305. The van der Waals surface area contributed by atoms with Crippen molar-refractivity contribution >= 4 is 11.8 Å². The lowest BCUT2D eigenvalue weighted by molar-refractivity contribution is 0.0421. The van der Waals surface area contributed by atoms with Gasteiger partial charge in [0.25, 0.3) is 0 Å². The summed E-state index contributed by atoms with van der Waals surface area (Å²) in [5, 5.41) is 11.0. The first-order valence-electron chi connectivity index (χ1n) is 5.46. The van der Waals surface area contributed by atoms with Gasteiger partial charge in [0.2, 0.25) is 0 Å². The van der Waals surface area contributed by atoms with E-state index in [1.165, 1.54) is 11.1 Å². The number of hydrogen-bond donors (Lipinski definition) is 1. The Morgan fingerprint density at radius 1 is 1.40 bits per heavy atom.